The highest BCUT2D eigenvalue weighted by molar-refractivity contribution is 5.29. The maximum atomic E-state index is 5.84. The lowest BCUT2D eigenvalue weighted by Crippen LogP contribution is -2.08. The van der Waals surface area contributed by atoms with Crippen molar-refractivity contribution in [2.45, 2.75) is 26.8 Å². The van der Waals surface area contributed by atoms with Gasteiger partial charge in [0.1, 0.15) is 0 Å². The molecule has 2 rings (SSSR count). The van der Waals surface area contributed by atoms with Crippen LogP contribution >= 0.6 is 0 Å². The van der Waals surface area contributed by atoms with E-state index in [4.69, 9.17) is 5.73 Å². The van der Waals surface area contributed by atoms with Gasteiger partial charge in [0.2, 0.25) is 0 Å². The van der Waals surface area contributed by atoms with E-state index in [-0.39, 0.29) is 6.04 Å². The van der Waals surface area contributed by atoms with Crippen LogP contribution in [-0.2, 0) is 0 Å². The maximum Gasteiger partial charge on any atom is 0.175 e. The minimum atomic E-state index is -0.0212. The van der Waals surface area contributed by atoms with Crippen molar-refractivity contribution in [2.24, 2.45) is 5.73 Å². The Kier molecular flexibility index (Phi) is 2.70. The highest BCUT2D eigenvalue weighted by Gasteiger charge is 2.11. The summed E-state index contributed by atoms with van der Waals surface area (Å²) in [6, 6.07) is 3.79. The average Bonchev–Trinajstić information content (AvgIpc) is 2.61. The fourth-order valence-corrected chi connectivity index (χ4v) is 1.61. The first-order chi connectivity index (χ1) is 7.59. The smallest absolute Gasteiger partial charge is 0.175 e. The summed E-state index contributed by atoms with van der Waals surface area (Å²) in [6.07, 6.45) is 1.78. The Hall–Kier alpha value is -1.75. The molecule has 2 N–H and O–H groups in total. The van der Waals surface area contributed by atoms with Crippen molar-refractivity contribution in [1.82, 2.24) is 20.0 Å². The lowest BCUT2D eigenvalue weighted by molar-refractivity contribution is 0.769. The molecule has 84 valence electrons. The zero-order chi connectivity index (χ0) is 11.7. The molecule has 5 nitrogen and oxygen atoms in total. The zero-order valence-corrected chi connectivity index (χ0v) is 9.68. The molecule has 5 heteroatoms. The Morgan fingerprint density at radius 2 is 2.00 bits per heavy atom. The molecule has 0 amide bonds. The summed E-state index contributed by atoms with van der Waals surface area (Å²) in [5, 5.41) is 12.4. The van der Waals surface area contributed by atoms with E-state index in [2.05, 4.69) is 15.3 Å². The molecule has 1 unspecified atom stereocenters. The third-order valence-electron chi connectivity index (χ3n) is 2.54. The van der Waals surface area contributed by atoms with Crippen molar-refractivity contribution >= 4 is 0 Å². The minimum absolute atomic E-state index is 0.0212. The number of aromatic nitrogens is 4. The van der Waals surface area contributed by atoms with E-state index in [9.17, 15) is 0 Å². The second-order valence-electron chi connectivity index (χ2n) is 3.92. The summed E-state index contributed by atoms with van der Waals surface area (Å²) in [7, 11) is 0. The molecule has 0 spiro atoms. The molecule has 2 aromatic rings. The van der Waals surface area contributed by atoms with E-state index >= 15 is 0 Å². The highest BCUT2D eigenvalue weighted by atomic mass is 15.3. The summed E-state index contributed by atoms with van der Waals surface area (Å²) >= 11 is 0. The van der Waals surface area contributed by atoms with Crippen LogP contribution < -0.4 is 5.73 Å². The fourth-order valence-electron chi connectivity index (χ4n) is 1.61. The average molecular weight is 217 g/mol. The molecule has 0 radical (unpaired) electrons. The van der Waals surface area contributed by atoms with Gasteiger partial charge in [0.15, 0.2) is 5.82 Å². The second kappa shape index (κ2) is 4.02. The summed E-state index contributed by atoms with van der Waals surface area (Å²) in [6.45, 7) is 5.82. The van der Waals surface area contributed by atoms with Crippen molar-refractivity contribution in [2.75, 3.05) is 0 Å². The Morgan fingerprint density at radius 1 is 1.25 bits per heavy atom. The highest BCUT2D eigenvalue weighted by Crippen LogP contribution is 2.16. The molecular formula is C11H15N5. The van der Waals surface area contributed by atoms with Crippen LogP contribution in [0.1, 0.15) is 29.9 Å². The van der Waals surface area contributed by atoms with E-state index < -0.39 is 0 Å². The minimum Gasteiger partial charge on any atom is -0.324 e. The first kappa shape index (κ1) is 10.8. The summed E-state index contributed by atoms with van der Waals surface area (Å²) in [5.74, 6) is 0.718. The molecule has 0 saturated carbocycles. The lowest BCUT2D eigenvalue weighted by atomic mass is 10.1. The van der Waals surface area contributed by atoms with Crippen molar-refractivity contribution in [3.8, 4) is 5.82 Å². The molecule has 1 atom stereocenters. The molecular weight excluding hydrogens is 202 g/mol. The fraction of sp³-hybridized carbons (Fsp3) is 0.364. The van der Waals surface area contributed by atoms with Gasteiger partial charge >= 0.3 is 0 Å². The first-order valence-corrected chi connectivity index (χ1v) is 5.20. The van der Waals surface area contributed by atoms with E-state index in [1.54, 1.807) is 10.9 Å². The van der Waals surface area contributed by atoms with Gasteiger partial charge in [-0.15, -0.1) is 5.10 Å². The predicted molar refractivity (Wildman–Crippen MR) is 61.2 cm³/mol. The first-order valence-electron chi connectivity index (χ1n) is 5.20. The van der Waals surface area contributed by atoms with Crippen LogP contribution in [0.2, 0.25) is 0 Å². The van der Waals surface area contributed by atoms with E-state index in [1.807, 2.05) is 32.9 Å². The molecule has 0 bridgehead atoms. The second-order valence-corrected chi connectivity index (χ2v) is 3.92. The SMILES string of the molecule is Cc1ccc(-n2ncc(C(C)N)c2C)nn1. The monoisotopic (exact) mass is 217 g/mol. The number of rotatable bonds is 2. The Balaban J connectivity index is 2.45. The maximum absolute atomic E-state index is 5.84. The number of hydrogen-bond acceptors (Lipinski definition) is 4. The van der Waals surface area contributed by atoms with E-state index in [0.717, 1.165) is 22.8 Å². The molecule has 2 aromatic heterocycles. The van der Waals surface area contributed by atoms with Gasteiger partial charge < -0.3 is 5.73 Å². The van der Waals surface area contributed by atoms with Crippen LogP contribution in [0.25, 0.3) is 5.82 Å². The van der Waals surface area contributed by atoms with Gasteiger partial charge in [-0.3, -0.25) is 0 Å². The van der Waals surface area contributed by atoms with Crippen LogP contribution in [0, 0.1) is 13.8 Å². The molecule has 0 aliphatic heterocycles. The largest absolute Gasteiger partial charge is 0.324 e. The Labute approximate surface area is 94.3 Å². The van der Waals surface area contributed by atoms with Crippen molar-refractivity contribution < 1.29 is 0 Å². The van der Waals surface area contributed by atoms with Crippen molar-refractivity contribution in [3.63, 3.8) is 0 Å². The van der Waals surface area contributed by atoms with Crippen LogP contribution in [0.15, 0.2) is 18.3 Å². The van der Waals surface area contributed by atoms with Crippen molar-refractivity contribution in [3.05, 3.63) is 35.3 Å². The molecule has 0 aliphatic rings. The predicted octanol–water partition coefficient (Wildman–Crippen LogP) is 1.30. The normalized spacial score (nSPS) is 12.8. The van der Waals surface area contributed by atoms with Crippen LogP contribution in [-0.4, -0.2) is 20.0 Å². The number of aryl methyl sites for hydroxylation is 1. The molecule has 0 saturated heterocycles. The molecule has 0 aliphatic carbocycles. The quantitative estimate of drug-likeness (QED) is 0.823. The van der Waals surface area contributed by atoms with Gasteiger partial charge in [-0.25, -0.2) is 4.68 Å². The number of nitrogens with zero attached hydrogens (tertiary/aromatic N) is 4. The third-order valence-corrected chi connectivity index (χ3v) is 2.54. The van der Waals surface area contributed by atoms with E-state index in [1.165, 1.54) is 0 Å². The van der Waals surface area contributed by atoms with E-state index in [0.29, 0.717) is 0 Å². The van der Waals surface area contributed by atoms with Crippen LogP contribution in [0.3, 0.4) is 0 Å². The molecule has 16 heavy (non-hydrogen) atoms. The van der Waals surface area contributed by atoms with Gasteiger partial charge in [0, 0.05) is 17.3 Å². The lowest BCUT2D eigenvalue weighted by Gasteiger charge is -2.06. The summed E-state index contributed by atoms with van der Waals surface area (Å²) in [5.41, 5.74) is 8.77. The van der Waals surface area contributed by atoms with Crippen molar-refractivity contribution in [1.29, 1.82) is 0 Å². The topological polar surface area (TPSA) is 69.6 Å². The molecule has 0 fully saturated rings. The number of nitrogens with two attached hydrogens (primary N) is 1. The summed E-state index contributed by atoms with van der Waals surface area (Å²) < 4.78 is 1.76. The number of hydrogen-bond donors (Lipinski definition) is 1. The molecule has 2 heterocycles. The molecule has 0 aromatic carbocycles. The van der Waals surface area contributed by atoms with Gasteiger partial charge in [-0.05, 0) is 32.9 Å². The Bertz CT molecular complexity index is 484. The van der Waals surface area contributed by atoms with Gasteiger partial charge in [0.25, 0.3) is 0 Å². The van der Waals surface area contributed by atoms with Crippen LogP contribution in [0.5, 0.6) is 0 Å². The van der Waals surface area contributed by atoms with Crippen LogP contribution in [0.4, 0.5) is 0 Å². The zero-order valence-electron chi connectivity index (χ0n) is 9.68. The van der Waals surface area contributed by atoms with Gasteiger partial charge in [-0.1, -0.05) is 0 Å². The third kappa shape index (κ3) is 1.81. The van der Waals surface area contributed by atoms with Gasteiger partial charge in [0.05, 0.1) is 11.9 Å². The Morgan fingerprint density at radius 3 is 2.50 bits per heavy atom. The van der Waals surface area contributed by atoms with Gasteiger partial charge in [-0.2, -0.15) is 10.2 Å². The summed E-state index contributed by atoms with van der Waals surface area (Å²) in [4.78, 5) is 0. The standard InChI is InChI=1S/C11H15N5/c1-7-4-5-11(15-14-7)16-9(3)10(6-13-16)8(2)12/h4-6,8H,12H2,1-3H3.